The van der Waals surface area contributed by atoms with E-state index >= 15 is 0 Å². The molecule has 1 amide bonds. The molecule has 0 fully saturated rings. The first-order valence-corrected chi connectivity index (χ1v) is 8.79. The molecule has 28 heavy (non-hydrogen) atoms. The van der Waals surface area contributed by atoms with Crippen LogP contribution in [0.2, 0.25) is 0 Å². The fourth-order valence-corrected chi connectivity index (χ4v) is 3.07. The van der Waals surface area contributed by atoms with E-state index in [9.17, 15) is 13.6 Å². The molecule has 0 saturated heterocycles. The van der Waals surface area contributed by atoms with Gasteiger partial charge in [-0.2, -0.15) is 8.78 Å². The highest BCUT2D eigenvalue weighted by Crippen LogP contribution is 2.30. The SMILES string of the molecule is COc1ccc(CCNC(=O)c2oc3c(C)cccc3c2C)cc1OC(F)F. The number of carbonyl (C=O) groups is 1. The molecule has 3 rings (SSSR count). The van der Waals surface area contributed by atoms with E-state index in [1.807, 2.05) is 32.0 Å². The molecule has 0 aliphatic carbocycles. The van der Waals surface area contributed by atoms with Crippen LogP contribution in [0.5, 0.6) is 11.5 Å². The maximum absolute atomic E-state index is 12.5. The minimum atomic E-state index is -2.94. The van der Waals surface area contributed by atoms with Gasteiger partial charge in [-0.15, -0.1) is 0 Å². The molecule has 0 saturated carbocycles. The van der Waals surface area contributed by atoms with Crippen molar-refractivity contribution in [3.63, 3.8) is 0 Å². The Morgan fingerprint density at radius 3 is 2.64 bits per heavy atom. The Labute approximate surface area is 161 Å². The van der Waals surface area contributed by atoms with Crippen LogP contribution in [-0.2, 0) is 6.42 Å². The number of nitrogens with one attached hydrogen (secondary N) is 1. The van der Waals surface area contributed by atoms with Gasteiger partial charge in [0.15, 0.2) is 17.3 Å². The molecular formula is C21H21F2NO4. The average Bonchev–Trinajstić information content (AvgIpc) is 3.00. The van der Waals surface area contributed by atoms with Crippen molar-refractivity contribution in [1.29, 1.82) is 0 Å². The van der Waals surface area contributed by atoms with Gasteiger partial charge in [0.2, 0.25) is 0 Å². The first kappa shape index (κ1) is 19.7. The molecule has 5 nitrogen and oxygen atoms in total. The van der Waals surface area contributed by atoms with E-state index < -0.39 is 6.61 Å². The topological polar surface area (TPSA) is 60.7 Å². The van der Waals surface area contributed by atoms with Crippen LogP contribution in [0.25, 0.3) is 11.0 Å². The zero-order valence-corrected chi connectivity index (χ0v) is 15.8. The third kappa shape index (κ3) is 4.08. The van der Waals surface area contributed by atoms with Crippen molar-refractivity contribution < 1.29 is 27.5 Å². The predicted octanol–water partition coefficient (Wildman–Crippen LogP) is 4.63. The first-order chi connectivity index (χ1) is 13.4. The zero-order valence-electron chi connectivity index (χ0n) is 15.8. The lowest BCUT2D eigenvalue weighted by Gasteiger charge is -2.11. The van der Waals surface area contributed by atoms with Crippen LogP contribution in [-0.4, -0.2) is 26.2 Å². The van der Waals surface area contributed by atoms with Crippen molar-refractivity contribution in [3.05, 3.63) is 58.8 Å². The van der Waals surface area contributed by atoms with Crippen molar-refractivity contribution in [2.75, 3.05) is 13.7 Å². The predicted molar refractivity (Wildman–Crippen MR) is 101 cm³/mol. The summed E-state index contributed by atoms with van der Waals surface area (Å²) in [5.41, 5.74) is 3.18. The molecule has 0 spiro atoms. The minimum absolute atomic E-state index is 0.0371. The monoisotopic (exact) mass is 389 g/mol. The van der Waals surface area contributed by atoms with Gasteiger partial charge in [-0.3, -0.25) is 4.79 Å². The Morgan fingerprint density at radius 2 is 1.96 bits per heavy atom. The Morgan fingerprint density at radius 1 is 1.18 bits per heavy atom. The van der Waals surface area contributed by atoms with Gasteiger partial charge < -0.3 is 19.2 Å². The number of fused-ring (bicyclic) bond motifs is 1. The van der Waals surface area contributed by atoms with E-state index in [2.05, 4.69) is 10.1 Å². The van der Waals surface area contributed by atoms with Crippen LogP contribution < -0.4 is 14.8 Å². The van der Waals surface area contributed by atoms with Crippen molar-refractivity contribution in [2.45, 2.75) is 26.9 Å². The van der Waals surface area contributed by atoms with Gasteiger partial charge in [-0.1, -0.05) is 24.3 Å². The average molecular weight is 389 g/mol. The van der Waals surface area contributed by atoms with Gasteiger partial charge in [0.25, 0.3) is 5.91 Å². The summed E-state index contributed by atoms with van der Waals surface area (Å²) in [6.07, 6.45) is 0.438. The zero-order chi connectivity index (χ0) is 20.3. The number of carbonyl (C=O) groups excluding carboxylic acids is 1. The number of rotatable bonds is 7. The van der Waals surface area contributed by atoms with E-state index in [0.29, 0.717) is 18.5 Å². The number of aryl methyl sites for hydroxylation is 2. The second-order valence-corrected chi connectivity index (χ2v) is 6.38. The number of furan rings is 1. The summed E-state index contributed by atoms with van der Waals surface area (Å²) in [6, 6.07) is 10.5. The highest BCUT2D eigenvalue weighted by molar-refractivity contribution is 5.99. The molecule has 148 valence electrons. The molecule has 0 aliphatic heterocycles. The van der Waals surface area contributed by atoms with Crippen LogP contribution in [0, 0.1) is 13.8 Å². The summed E-state index contributed by atoms with van der Waals surface area (Å²) in [7, 11) is 1.38. The molecule has 0 unspecified atom stereocenters. The van der Waals surface area contributed by atoms with Gasteiger partial charge in [-0.05, 0) is 43.5 Å². The van der Waals surface area contributed by atoms with Gasteiger partial charge in [0.05, 0.1) is 7.11 Å². The quantitative estimate of drug-likeness (QED) is 0.640. The number of methoxy groups -OCH3 is 1. The number of benzene rings is 2. The first-order valence-electron chi connectivity index (χ1n) is 8.79. The number of hydrogen-bond acceptors (Lipinski definition) is 4. The lowest BCUT2D eigenvalue weighted by atomic mass is 10.1. The molecule has 1 aromatic heterocycles. The Kier molecular flexibility index (Phi) is 5.82. The third-order valence-electron chi connectivity index (χ3n) is 4.51. The van der Waals surface area contributed by atoms with Gasteiger partial charge in [-0.25, -0.2) is 0 Å². The van der Waals surface area contributed by atoms with Crippen LogP contribution >= 0.6 is 0 Å². The summed E-state index contributed by atoms with van der Waals surface area (Å²) in [5.74, 6) is 0.151. The largest absolute Gasteiger partial charge is 0.493 e. The molecule has 0 bridgehead atoms. The van der Waals surface area contributed by atoms with Gasteiger partial charge in [0.1, 0.15) is 5.58 Å². The van der Waals surface area contributed by atoms with Crippen LogP contribution in [0.3, 0.4) is 0 Å². The summed E-state index contributed by atoms with van der Waals surface area (Å²) >= 11 is 0. The number of amides is 1. The van der Waals surface area contributed by atoms with Crippen molar-refractivity contribution in [2.24, 2.45) is 0 Å². The molecule has 0 aliphatic rings. The van der Waals surface area contributed by atoms with Crippen LogP contribution in [0.1, 0.15) is 27.2 Å². The van der Waals surface area contributed by atoms with Crippen molar-refractivity contribution in [3.8, 4) is 11.5 Å². The van der Waals surface area contributed by atoms with E-state index in [0.717, 1.165) is 22.1 Å². The molecule has 0 atom stereocenters. The molecule has 3 aromatic rings. The van der Waals surface area contributed by atoms with Crippen molar-refractivity contribution >= 4 is 16.9 Å². The fraction of sp³-hybridized carbons (Fsp3) is 0.286. The molecule has 1 heterocycles. The highest BCUT2D eigenvalue weighted by Gasteiger charge is 2.18. The smallest absolute Gasteiger partial charge is 0.387 e. The summed E-state index contributed by atoms with van der Waals surface area (Å²) in [4.78, 5) is 12.5. The second-order valence-electron chi connectivity index (χ2n) is 6.38. The van der Waals surface area contributed by atoms with Crippen LogP contribution in [0.15, 0.2) is 40.8 Å². The maximum Gasteiger partial charge on any atom is 0.387 e. The number of hydrogen-bond donors (Lipinski definition) is 1. The summed E-state index contributed by atoms with van der Waals surface area (Å²) < 4.78 is 40.3. The minimum Gasteiger partial charge on any atom is -0.493 e. The van der Waals surface area contributed by atoms with E-state index in [1.54, 1.807) is 12.1 Å². The summed E-state index contributed by atoms with van der Waals surface area (Å²) in [5, 5.41) is 3.72. The number of halogens is 2. The second kappa shape index (κ2) is 8.29. The number of ether oxygens (including phenoxy) is 2. The molecule has 7 heteroatoms. The van der Waals surface area contributed by atoms with Gasteiger partial charge in [0, 0.05) is 17.5 Å². The molecule has 2 aromatic carbocycles. The maximum atomic E-state index is 12.5. The van der Waals surface area contributed by atoms with E-state index in [1.165, 1.54) is 13.2 Å². The standard InChI is InChI=1S/C21H21F2NO4/c1-12-5-4-6-15-13(2)19(28-18(12)15)20(25)24-10-9-14-7-8-16(26-3)17(11-14)27-21(22)23/h4-8,11,21H,9-10H2,1-3H3,(H,24,25). The Hall–Kier alpha value is -3.09. The summed E-state index contributed by atoms with van der Waals surface area (Å²) in [6.45, 7) is 1.14. The van der Waals surface area contributed by atoms with E-state index in [4.69, 9.17) is 9.15 Å². The number of alkyl halides is 2. The molecule has 0 radical (unpaired) electrons. The normalized spacial score (nSPS) is 11.1. The molecule has 1 N–H and O–H groups in total. The molecular weight excluding hydrogens is 368 g/mol. The Balaban J connectivity index is 1.67. The highest BCUT2D eigenvalue weighted by atomic mass is 19.3. The van der Waals surface area contributed by atoms with Crippen molar-refractivity contribution in [1.82, 2.24) is 5.32 Å². The number of para-hydroxylation sites is 1. The lowest BCUT2D eigenvalue weighted by molar-refractivity contribution is -0.0512. The van der Waals surface area contributed by atoms with Gasteiger partial charge >= 0.3 is 6.61 Å². The Bertz CT molecular complexity index is 997. The fourth-order valence-electron chi connectivity index (χ4n) is 3.07. The van der Waals surface area contributed by atoms with E-state index in [-0.39, 0.29) is 23.2 Å². The third-order valence-corrected chi connectivity index (χ3v) is 4.51. The lowest BCUT2D eigenvalue weighted by Crippen LogP contribution is -2.25. The van der Waals surface area contributed by atoms with Crippen LogP contribution in [0.4, 0.5) is 8.78 Å².